The van der Waals surface area contributed by atoms with Crippen molar-refractivity contribution in [3.8, 4) is 5.75 Å². The van der Waals surface area contributed by atoms with Crippen molar-refractivity contribution in [1.29, 1.82) is 0 Å². The molecule has 0 saturated heterocycles. The summed E-state index contributed by atoms with van der Waals surface area (Å²) < 4.78 is 20.6. The summed E-state index contributed by atoms with van der Waals surface area (Å²) in [6.45, 7) is 1.60. The second-order valence-corrected chi connectivity index (χ2v) is 6.16. The predicted octanol–water partition coefficient (Wildman–Crippen LogP) is 4.76. The topological polar surface area (TPSA) is 38.3 Å². The number of halogens is 3. The quantitative estimate of drug-likeness (QED) is 0.780. The van der Waals surface area contributed by atoms with Gasteiger partial charge in [-0.05, 0) is 43.3 Å². The number of ether oxygens (including phenoxy) is 1. The van der Waals surface area contributed by atoms with Crippen LogP contribution in [0.15, 0.2) is 51.4 Å². The van der Waals surface area contributed by atoms with Crippen molar-refractivity contribution in [1.82, 2.24) is 0 Å². The van der Waals surface area contributed by atoms with Gasteiger partial charge in [0, 0.05) is 8.95 Å². The molecule has 1 N–H and O–H groups in total. The number of benzene rings is 2. The zero-order valence-electron chi connectivity index (χ0n) is 11.1. The van der Waals surface area contributed by atoms with E-state index in [0.29, 0.717) is 10.2 Å². The van der Waals surface area contributed by atoms with Gasteiger partial charge in [-0.3, -0.25) is 4.79 Å². The van der Waals surface area contributed by atoms with E-state index in [4.69, 9.17) is 4.74 Å². The van der Waals surface area contributed by atoms with Crippen LogP contribution in [0.1, 0.15) is 6.92 Å². The second-order valence-electron chi connectivity index (χ2n) is 4.33. The highest BCUT2D eigenvalue weighted by Crippen LogP contribution is 2.21. The number of carbonyl (C=O) groups is 1. The van der Waals surface area contributed by atoms with Crippen LogP contribution in [0, 0.1) is 5.82 Å². The first kappa shape index (κ1) is 16.0. The highest BCUT2D eigenvalue weighted by atomic mass is 79.9. The molecule has 2 aromatic rings. The first-order valence-corrected chi connectivity index (χ1v) is 7.72. The Hall–Kier alpha value is -1.40. The standard InChI is InChI=1S/C15H12Br2FNO2/c1-9(21-12-4-2-3-10(16)7-12)15(20)19-14-6-5-11(17)8-13(14)18/h2-9H,1H3,(H,19,20). The average Bonchev–Trinajstić information content (AvgIpc) is 2.41. The molecule has 0 aromatic heterocycles. The number of hydrogen-bond acceptors (Lipinski definition) is 2. The lowest BCUT2D eigenvalue weighted by molar-refractivity contribution is -0.122. The van der Waals surface area contributed by atoms with Gasteiger partial charge in [-0.2, -0.15) is 0 Å². The van der Waals surface area contributed by atoms with E-state index >= 15 is 0 Å². The number of anilines is 1. The maximum absolute atomic E-state index is 13.7. The van der Waals surface area contributed by atoms with Gasteiger partial charge >= 0.3 is 0 Å². The maximum Gasteiger partial charge on any atom is 0.265 e. The molecule has 1 amide bonds. The number of nitrogens with one attached hydrogen (secondary N) is 1. The fourth-order valence-corrected chi connectivity index (χ4v) is 2.33. The Labute approximate surface area is 138 Å². The maximum atomic E-state index is 13.7. The molecule has 0 aliphatic heterocycles. The van der Waals surface area contributed by atoms with E-state index in [1.807, 2.05) is 6.07 Å². The molecule has 0 heterocycles. The first-order valence-electron chi connectivity index (χ1n) is 6.14. The zero-order valence-corrected chi connectivity index (χ0v) is 14.2. The summed E-state index contributed by atoms with van der Waals surface area (Å²) in [5.74, 6) is -0.369. The fourth-order valence-electron chi connectivity index (χ4n) is 1.62. The minimum Gasteiger partial charge on any atom is -0.481 e. The van der Waals surface area contributed by atoms with Crippen molar-refractivity contribution < 1.29 is 13.9 Å². The van der Waals surface area contributed by atoms with Crippen LogP contribution >= 0.6 is 31.9 Å². The Morgan fingerprint density at radius 2 is 1.90 bits per heavy atom. The van der Waals surface area contributed by atoms with Crippen LogP contribution in [-0.4, -0.2) is 12.0 Å². The van der Waals surface area contributed by atoms with Crippen molar-refractivity contribution in [3.63, 3.8) is 0 Å². The van der Waals surface area contributed by atoms with Gasteiger partial charge < -0.3 is 10.1 Å². The molecule has 0 fully saturated rings. The second kappa shape index (κ2) is 7.04. The lowest BCUT2D eigenvalue weighted by atomic mass is 10.3. The van der Waals surface area contributed by atoms with Gasteiger partial charge in [-0.15, -0.1) is 0 Å². The summed E-state index contributed by atoms with van der Waals surface area (Å²) in [5, 5.41) is 2.50. The van der Waals surface area contributed by atoms with Crippen molar-refractivity contribution in [2.75, 3.05) is 5.32 Å². The van der Waals surface area contributed by atoms with Crippen LogP contribution in [0.5, 0.6) is 5.75 Å². The molecule has 3 nitrogen and oxygen atoms in total. The fraction of sp³-hybridized carbons (Fsp3) is 0.133. The SMILES string of the molecule is CC(Oc1cccc(Br)c1)C(=O)Nc1ccc(Br)cc1F. The predicted molar refractivity (Wildman–Crippen MR) is 87.0 cm³/mol. The van der Waals surface area contributed by atoms with Crippen LogP contribution < -0.4 is 10.1 Å². The first-order chi connectivity index (χ1) is 9.95. The Bertz CT molecular complexity index is 664. The van der Waals surface area contributed by atoms with Gasteiger partial charge in [0.15, 0.2) is 6.10 Å². The molecule has 0 bridgehead atoms. The summed E-state index contributed by atoms with van der Waals surface area (Å²) >= 11 is 6.49. The Kier molecular flexibility index (Phi) is 5.36. The molecular formula is C15H12Br2FNO2. The highest BCUT2D eigenvalue weighted by molar-refractivity contribution is 9.10. The molecule has 110 valence electrons. The van der Waals surface area contributed by atoms with Crippen molar-refractivity contribution in [2.45, 2.75) is 13.0 Å². The van der Waals surface area contributed by atoms with Gasteiger partial charge in [-0.1, -0.05) is 37.9 Å². The minimum absolute atomic E-state index is 0.118. The van der Waals surface area contributed by atoms with Crippen molar-refractivity contribution in [2.24, 2.45) is 0 Å². The lowest BCUT2D eigenvalue weighted by Gasteiger charge is -2.15. The van der Waals surface area contributed by atoms with E-state index in [-0.39, 0.29) is 5.69 Å². The van der Waals surface area contributed by atoms with Crippen LogP contribution in [0.4, 0.5) is 10.1 Å². The molecule has 0 spiro atoms. The molecule has 1 atom stereocenters. The van der Waals surface area contributed by atoms with Crippen molar-refractivity contribution in [3.05, 3.63) is 57.2 Å². The molecular weight excluding hydrogens is 405 g/mol. The molecule has 21 heavy (non-hydrogen) atoms. The van der Waals surface area contributed by atoms with Gasteiger partial charge in [0.05, 0.1) is 5.69 Å². The molecule has 1 unspecified atom stereocenters. The average molecular weight is 417 g/mol. The highest BCUT2D eigenvalue weighted by Gasteiger charge is 2.16. The smallest absolute Gasteiger partial charge is 0.265 e. The lowest BCUT2D eigenvalue weighted by Crippen LogP contribution is -2.30. The third-order valence-electron chi connectivity index (χ3n) is 2.67. The molecule has 6 heteroatoms. The summed E-state index contributed by atoms with van der Waals surface area (Å²) in [5.41, 5.74) is 0.118. The monoisotopic (exact) mass is 415 g/mol. The van der Waals surface area contributed by atoms with Crippen LogP contribution in [0.2, 0.25) is 0 Å². The number of carbonyl (C=O) groups excluding carboxylic acids is 1. The zero-order chi connectivity index (χ0) is 15.4. The van der Waals surface area contributed by atoms with E-state index in [1.165, 1.54) is 12.1 Å². The number of amides is 1. The third-order valence-corrected chi connectivity index (χ3v) is 3.65. The Balaban J connectivity index is 2.02. The molecule has 0 saturated carbocycles. The van der Waals surface area contributed by atoms with E-state index in [9.17, 15) is 9.18 Å². The molecule has 0 aliphatic rings. The minimum atomic E-state index is -0.748. The molecule has 2 aromatic carbocycles. The van der Waals surface area contributed by atoms with Gasteiger partial charge in [-0.25, -0.2) is 4.39 Å². The number of hydrogen-bond donors (Lipinski definition) is 1. The summed E-state index contributed by atoms with van der Waals surface area (Å²) in [4.78, 5) is 12.0. The third kappa shape index (κ3) is 4.54. The Morgan fingerprint density at radius 3 is 2.57 bits per heavy atom. The summed E-state index contributed by atoms with van der Waals surface area (Å²) in [6, 6.07) is 11.6. The van der Waals surface area contributed by atoms with Gasteiger partial charge in [0.1, 0.15) is 11.6 Å². The van der Waals surface area contributed by atoms with E-state index in [2.05, 4.69) is 37.2 Å². The van der Waals surface area contributed by atoms with Crippen molar-refractivity contribution >= 4 is 43.5 Å². The normalized spacial score (nSPS) is 11.8. The van der Waals surface area contributed by atoms with Crippen LogP contribution in [0.3, 0.4) is 0 Å². The largest absolute Gasteiger partial charge is 0.481 e. The summed E-state index contributed by atoms with van der Waals surface area (Å²) in [7, 11) is 0. The Morgan fingerprint density at radius 1 is 1.19 bits per heavy atom. The van der Waals surface area contributed by atoms with Crippen LogP contribution in [0.25, 0.3) is 0 Å². The van der Waals surface area contributed by atoms with E-state index in [1.54, 1.807) is 31.2 Å². The molecule has 2 rings (SSSR count). The van der Waals surface area contributed by atoms with Crippen LogP contribution in [-0.2, 0) is 4.79 Å². The number of rotatable bonds is 4. The van der Waals surface area contributed by atoms with E-state index in [0.717, 1.165) is 4.47 Å². The molecule has 0 radical (unpaired) electrons. The van der Waals surface area contributed by atoms with E-state index < -0.39 is 17.8 Å². The van der Waals surface area contributed by atoms with Gasteiger partial charge in [0.2, 0.25) is 0 Å². The summed E-state index contributed by atoms with van der Waals surface area (Å²) in [6.07, 6.45) is -0.748. The van der Waals surface area contributed by atoms with Gasteiger partial charge in [0.25, 0.3) is 5.91 Å². The molecule has 0 aliphatic carbocycles.